The van der Waals surface area contributed by atoms with Gasteiger partial charge in [-0.25, -0.2) is 0 Å². The molecule has 1 saturated carbocycles. The number of hydrogen-bond donors (Lipinski definition) is 1. The van der Waals surface area contributed by atoms with Gasteiger partial charge in [0.25, 0.3) is 0 Å². The second-order valence-corrected chi connectivity index (χ2v) is 6.33. The van der Waals surface area contributed by atoms with E-state index in [4.69, 9.17) is 4.74 Å². The van der Waals surface area contributed by atoms with Crippen molar-refractivity contribution in [2.24, 2.45) is 5.92 Å². The van der Waals surface area contributed by atoms with E-state index in [0.29, 0.717) is 6.04 Å². The van der Waals surface area contributed by atoms with Crippen LogP contribution in [0.4, 0.5) is 0 Å². The van der Waals surface area contributed by atoms with Gasteiger partial charge in [-0.3, -0.25) is 0 Å². The standard InChI is InChI=1S/C16H24BrNO/c1-3-9-18-15-6-4-5-12(15)10-13-11-14(17)7-8-16(13)19-2/h7-8,11-12,15,18H,3-6,9-10H2,1-2H3. The molecular weight excluding hydrogens is 302 g/mol. The predicted octanol–water partition coefficient (Wildman–Crippen LogP) is 4.17. The quantitative estimate of drug-likeness (QED) is 0.847. The van der Waals surface area contributed by atoms with Gasteiger partial charge in [0, 0.05) is 10.5 Å². The molecule has 1 N–H and O–H groups in total. The van der Waals surface area contributed by atoms with E-state index >= 15 is 0 Å². The molecule has 0 bridgehead atoms. The van der Waals surface area contributed by atoms with Crippen LogP contribution in [0.3, 0.4) is 0 Å². The van der Waals surface area contributed by atoms with Crippen molar-refractivity contribution in [3.63, 3.8) is 0 Å². The third-order valence-electron chi connectivity index (χ3n) is 4.04. The second-order valence-electron chi connectivity index (χ2n) is 5.41. The van der Waals surface area contributed by atoms with E-state index < -0.39 is 0 Å². The van der Waals surface area contributed by atoms with Gasteiger partial charge < -0.3 is 10.1 Å². The summed E-state index contributed by atoms with van der Waals surface area (Å²) in [5.74, 6) is 1.76. The van der Waals surface area contributed by atoms with Crippen LogP contribution >= 0.6 is 15.9 Å². The minimum Gasteiger partial charge on any atom is -0.496 e. The van der Waals surface area contributed by atoms with Crippen molar-refractivity contribution >= 4 is 15.9 Å². The van der Waals surface area contributed by atoms with Crippen molar-refractivity contribution in [3.05, 3.63) is 28.2 Å². The van der Waals surface area contributed by atoms with Crippen molar-refractivity contribution < 1.29 is 4.74 Å². The molecular formula is C16H24BrNO. The number of rotatable bonds is 6. The van der Waals surface area contributed by atoms with Crippen LogP contribution in [0.1, 0.15) is 38.2 Å². The van der Waals surface area contributed by atoms with E-state index in [2.05, 4.69) is 40.3 Å². The maximum absolute atomic E-state index is 5.49. The van der Waals surface area contributed by atoms with Crippen LogP contribution in [0, 0.1) is 5.92 Å². The third kappa shape index (κ3) is 3.96. The molecule has 1 aromatic carbocycles. The van der Waals surface area contributed by atoms with Crippen LogP contribution in [0.5, 0.6) is 5.75 Å². The average molecular weight is 326 g/mol. The van der Waals surface area contributed by atoms with Crippen LogP contribution < -0.4 is 10.1 Å². The van der Waals surface area contributed by atoms with Gasteiger partial charge in [0.05, 0.1) is 7.11 Å². The number of methoxy groups -OCH3 is 1. The average Bonchev–Trinajstić information content (AvgIpc) is 2.84. The van der Waals surface area contributed by atoms with Gasteiger partial charge in [-0.15, -0.1) is 0 Å². The molecule has 3 heteroatoms. The van der Waals surface area contributed by atoms with Crippen molar-refractivity contribution in [1.29, 1.82) is 0 Å². The van der Waals surface area contributed by atoms with Gasteiger partial charge in [0.15, 0.2) is 0 Å². The highest BCUT2D eigenvalue weighted by Gasteiger charge is 2.27. The fourth-order valence-electron chi connectivity index (χ4n) is 3.07. The Morgan fingerprint density at radius 1 is 1.37 bits per heavy atom. The summed E-state index contributed by atoms with van der Waals surface area (Å²) in [7, 11) is 1.76. The number of hydrogen-bond acceptors (Lipinski definition) is 2. The zero-order chi connectivity index (χ0) is 13.7. The van der Waals surface area contributed by atoms with E-state index in [9.17, 15) is 0 Å². The summed E-state index contributed by atoms with van der Waals surface area (Å²) < 4.78 is 6.62. The van der Waals surface area contributed by atoms with Crippen LogP contribution in [-0.4, -0.2) is 19.7 Å². The first-order valence-corrected chi connectivity index (χ1v) is 8.09. The summed E-state index contributed by atoms with van der Waals surface area (Å²) in [4.78, 5) is 0. The summed E-state index contributed by atoms with van der Waals surface area (Å²) >= 11 is 3.56. The lowest BCUT2D eigenvalue weighted by Gasteiger charge is -2.22. The number of benzene rings is 1. The number of halogens is 1. The highest BCUT2D eigenvalue weighted by atomic mass is 79.9. The topological polar surface area (TPSA) is 21.3 Å². The Balaban J connectivity index is 2.05. The Kier molecular flexibility index (Phi) is 5.71. The highest BCUT2D eigenvalue weighted by Crippen LogP contribution is 2.32. The van der Waals surface area contributed by atoms with Crippen molar-refractivity contribution in [3.8, 4) is 5.75 Å². The lowest BCUT2D eigenvalue weighted by atomic mass is 9.94. The Hall–Kier alpha value is -0.540. The first-order valence-electron chi connectivity index (χ1n) is 7.30. The predicted molar refractivity (Wildman–Crippen MR) is 83.8 cm³/mol. The lowest BCUT2D eigenvalue weighted by molar-refractivity contribution is 0.380. The van der Waals surface area contributed by atoms with Gasteiger partial charge in [0.1, 0.15) is 5.75 Å². The van der Waals surface area contributed by atoms with Gasteiger partial charge in [-0.1, -0.05) is 29.3 Å². The molecule has 1 aliphatic carbocycles. The zero-order valence-electron chi connectivity index (χ0n) is 11.9. The molecule has 1 fully saturated rings. The molecule has 2 nitrogen and oxygen atoms in total. The molecule has 0 saturated heterocycles. The maximum atomic E-state index is 5.49. The van der Waals surface area contributed by atoms with Gasteiger partial charge >= 0.3 is 0 Å². The fourth-order valence-corrected chi connectivity index (χ4v) is 3.48. The van der Waals surface area contributed by atoms with E-state index in [1.165, 1.54) is 31.2 Å². The monoisotopic (exact) mass is 325 g/mol. The Morgan fingerprint density at radius 3 is 2.95 bits per heavy atom. The smallest absolute Gasteiger partial charge is 0.122 e. The minimum absolute atomic E-state index is 0.684. The molecule has 1 aromatic rings. The molecule has 0 spiro atoms. The molecule has 2 atom stereocenters. The fraction of sp³-hybridized carbons (Fsp3) is 0.625. The summed E-state index contributed by atoms with van der Waals surface area (Å²) in [6.45, 7) is 3.37. The van der Waals surface area contributed by atoms with E-state index in [-0.39, 0.29) is 0 Å². The Bertz CT molecular complexity index is 408. The van der Waals surface area contributed by atoms with Gasteiger partial charge in [-0.2, -0.15) is 0 Å². The van der Waals surface area contributed by atoms with Crippen molar-refractivity contribution in [2.75, 3.05) is 13.7 Å². The van der Waals surface area contributed by atoms with E-state index in [1.807, 2.05) is 6.07 Å². The SMILES string of the molecule is CCCNC1CCCC1Cc1cc(Br)ccc1OC. The molecule has 106 valence electrons. The minimum atomic E-state index is 0.684. The van der Waals surface area contributed by atoms with E-state index in [0.717, 1.165) is 29.1 Å². The van der Waals surface area contributed by atoms with Crippen LogP contribution in [0.25, 0.3) is 0 Å². The molecule has 19 heavy (non-hydrogen) atoms. The third-order valence-corrected chi connectivity index (χ3v) is 4.53. The molecule has 0 aliphatic heterocycles. The number of nitrogens with one attached hydrogen (secondary N) is 1. The first kappa shape index (κ1) is 14.9. The number of ether oxygens (including phenoxy) is 1. The van der Waals surface area contributed by atoms with Crippen LogP contribution in [-0.2, 0) is 6.42 Å². The van der Waals surface area contributed by atoms with Crippen molar-refractivity contribution in [2.45, 2.75) is 45.1 Å². The Labute approximate surface area is 125 Å². The molecule has 0 aromatic heterocycles. The molecule has 0 radical (unpaired) electrons. The molecule has 2 unspecified atom stereocenters. The van der Waals surface area contributed by atoms with Gasteiger partial charge in [-0.05, 0) is 61.9 Å². The van der Waals surface area contributed by atoms with Crippen LogP contribution in [0.2, 0.25) is 0 Å². The molecule has 0 amide bonds. The van der Waals surface area contributed by atoms with Crippen molar-refractivity contribution in [1.82, 2.24) is 5.32 Å². The lowest BCUT2D eigenvalue weighted by Crippen LogP contribution is -2.33. The summed E-state index contributed by atoms with van der Waals surface area (Å²) in [5, 5.41) is 3.70. The van der Waals surface area contributed by atoms with Crippen LogP contribution in [0.15, 0.2) is 22.7 Å². The molecule has 0 heterocycles. The Morgan fingerprint density at radius 2 is 2.21 bits per heavy atom. The first-order chi connectivity index (χ1) is 9.24. The second kappa shape index (κ2) is 7.30. The highest BCUT2D eigenvalue weighted by molar-refractivity contribution is 9.10. The summed E-state index contributed by atoms with van der Waals surface area (Å²) in [6.07, 6.45) is 6.33. The molecule has 1 aliphatic rings. The van der Waals surface area contributed by atoms with Gasteiger partial charge in [0.2, 0.25) is 0 Å². The maximum Gasteiger partial charge on any atom is 0.122 e. The normalized spacial score (nSPS) is 22.7. The van der Waals surface area contributed by atoms with E-state index in [1.54, 1.807) is 7.11 Å². The summed E-state index contributed by atoms with van der Waals surface area (Å²) in [5.41, 5.74) is 1.33. The zero-order valence-corrected chi connectivity index (χ0v) is 13.5. The summed E-state index contributed by atoms with van der Waals surface area (Å²) in [6, 6.07) is 6.99. The molecule has 2 rings (SSSR count). The largest absolute Gasteiger partial charge is 0.496 e.